The minimum absolute atomic E-state index is 0.178. The van der Waals surface area contributed by atoms with E-state index >= 15 is 0 Å². The third-order valence-electron chi connectivity index (χ3n) is 5.36. The number of anilines is 2. The van der Waals surface area contributed by atoms with Crippen LogP contribution in [-0.2, 0) is 4.79 Å². The van der Waals surface area contributed by atoms with Crippen LogP contribution in [-0.4, -0.2) is 32.3 Å². The smallest absolute Gasteiger partial charge is 0.257 e. The topological polar surface area (TPSA) is 88.9 Å². The number of hydrogen-bond acceptors (Lipinski definition) is 5. The van der Waals surface area contributed by atoms with Crippen LogP contribution < -0.4 is 10.6 Å². The predicted octanol–water partition coefficient (Wildman–Crippen LogP) is 4.47. The molecule has 2 aliphatic carbocycles. The highest BCUT2D eigenvalue weighted by molar-refractivity contribution is 7.99. The molecule has 5 rings (SSSR count). The van der Waals surface area contributed by atoms with Gasteiger partial charge >= 0.3 is 0 Å². The number of amides is 2. The normalized spacial score (nSPS) is 15.5. The van der Waals surface area contributed by atoms with Gasteiger partial charge in [0.1, 0.15) is 5.82 Å². The van der Waals surface area contributed by atoms with Crippen molar-refractivity contribution in [2.45, 2.75) is 42.8 Å². The molecule has 2 aliphatic rings. The highest BCUT2D eigenvalue weighted by atomic mass is 32.2. The van der Waals surface area contributed by atoms with Crippen LogP contribution in [0.5, 0.6) is 0 Å². The number of benzene rings is 2. The summed E-state index contributed by atoms with van der Waals surface area (Å²) in [5.41, 5.74) is 1.61. The number of thioether (sulfide) groups is 1. The standard InChI is InChI=1S/C23H23N5O2S/c29-20(14-31-23-27-26-21(15-10-11-15)28(23)17-12-13-17)25-19-9-5-4-8-18(19)22(30)24-16-6-2-1-3-7-16/h1-9,15,17H,10-14H2,(H,24,30)(H,25,29). The van der Waals surface area contributed by atoms with Gasteiger partial charge in [0.25, 0.3) is 5.91 Å². The van der Waals surface area contributed by atoms with E-state index in [1.807, 2.05) is 30.3 Å². The molecule has 0 saturated heterocycles. The first kappa shape index (κ1) is 19.8. The van der Waals surface area contributed by atoms with E-state index in [1.165, 1.54) is 24.6 Å². The number of carbonyl (C=O) groups excluding carboxylic acids is 2. The second-order valence-electron chi connectivity index (χ2n) is 7.92. The second-order valence-corrected chi connectivity index (χ2v) is 8.86. The van der Waals surface area contributed by atoms with Gasteiger partial charge in [-0.3, -0.25) is 9.59 Å². The van der Waals surface area contributed by atoms with Gasteiger partial charge in [-0.25, -0.2) is 0 Å². The van der Waals surface area contributed by atoms with Crippen molar-refractivity contribution in [3.8, 4) is 0 Å². The van der Waals surface area contributed by atoms with Crippen molar-refractivity contribution in [3.05, 3.63) is 66.0 Å². The maximum atomic E-state index is 12.7. The first-order valence-electron chi connectivity index (χ1n) is 10.5. The van der Waals surface area contributed by atoms with Crippen molar-refractivity contribution in [1.29, 1.82) is 0 Å². The van der Waals surface area contributed by atoms with Crippen LogP contribution in [0.4, 0.5) is 11.4 Å². The minimum atomic E-state index is -0.266. The van der Waals surface area contributed by atoms with Crippen molar-refractivity contribution in [1.82, 2.24) is 14.8 Å². The van der Waals surface area contributed by atoms with Crippen LogP contribution in [0.1, 0.15) is 53.8 Å². The molecule has 158 valence electrons. The fourth-order valence-electron chi connectivity index (χ4n) is 3.51. The van der Waals surface area contributed by atoms with Crippen LogP contribution in [0.3, 0.4) is 0 Å². The fourth-order valence-corrected chi connectivity index (χ4v) is 4.32. The lowest BCUT2D eigenvalue weighted by molar-refractivity contribution is -0.113. The Morgan fingerprint density at radius 3 is 2.42 bits per heavy atom. The Labute approximate surface area is 184 Å². The molecular formula is C23H23N5O2S. The van der Waals surface area contributed by atoms with Gasteiger partial charge in [0.05, 0.1) is 17.0 Å². The Morgan fingerprint density at radius 1 is 0.935 bits per heavy atom. The summed E-state index contributed by atoms with van der Waals surface area (Å²) in [6.07, 6.45) is 4.67. The molecule has 8 heteroatoms. The molecule has 2 fully saturated rings. The molecule has 2 aromatic carbocycles. The van der Waals surface area contributed by atoms with Gasteiger partial charge in [0.2, 0.25) is 5.91 Å². The van der Waals surface area contributed by atoms with E-state index in [9.17, 15) is 9.59 Å². The second kappa shape index (κ2) is 8.55. The van der Waals surface area contributed by atoms with Gasteiger partial charge in [-0.15, -0.1) is 10.2 Å². The molecule has 0 unspecified atom stereocenters. The van der Waals surface area contributed by atoms with Gasteiger partial charge in [-0.2, -0.15) is 0 Å². The highest BCUT2D eigenvalue weighted by Crippen LogP contribution is 2.46. The number of hydrogen-bond donors (Lipinski definition) is 2. The van der Waals surface area contributed by atoms with Crippen LogP contribution in [0.2, 0.25) is 0 Å². The highest BCUT2D eigenvalue weighted by Gasteiger charge is 2.36. The molecule has 2 saturated carbocycles. The Kier molecular flexibility index (Phi) is 5.46. The molecule has 2 amide bonds. The summed E-state index contributed by atoms with van der Waals surface area (Å²) < 4.78 is 2.23. The van der Waals surface area contributed by atoms with E-state index in [0.29, 0.717) is 28.9 Å². The first-order valence-corrected chi connectivity index (χ1v) is 11.5. The third-order valence-corrected chi connectivity index (χ3v) is 6.30. The zero-order valence-corrected chi connectivity index (χ0v) is 17.8. The fraction of sp³-hybridized carbons (Fsp3) is 0.304. The molecule has 31 heavy (non-hydrogen) atoms. The Morgan fingerprint density at radius 2 is 1.68 bits per heavy atom. The van der Waals surface area contributed by atoms with Crippen molar-refractivity contribution in [2.75, 3.05) is 16.4 Å². The van der Waals surface area contributed by atoms with Crippen molar-refractivity contribution >= 4 is 35.0 Å². The SMILES string of the molecule is O=C(CSc1nnc(C2CC2)n1C1CC1)Nc1ccccc1C(=O)Nc1ccccc1. The maximum Gasteiger partial charge on any atom is 0.257 e. The monoisotopic (exact) mass is 433 g/mol. The van der Waals surface area contributed by atoms with Gasteiger partial charge in [0, 0.05) is 17.6 Å². The lowest BCUT2D eigenvalue weighted by Crippen LogP contribution is -2.19. The first-order chi connectivity index (χ1) is 15.2. The van der Waals surface area contributed by atoms with Gasteiger partial charge in [-0.05, 0) is 49.9 Å². The van der Waals surface area contributed by atoms with E-state index in [0.717, 1.165) is 23.8 Å². The molecule has 3 aromatic rings. The van der Waals surface area contributed by atoms with E-state index in [4.69, 9.17) is 0 Å². The molecular weight excluding hydrogens is 410 g/mol. The van der Waals surface area contributed by atoms with Crippen molar-refractivity contribution in [3.63, 3.8) is 0 Å². The molecule has 1 heterocycles. The van der Waals surface area contributed by atoms with E-state index in [-0.39, 0.29) is 17.6 Å². The molecule has 7 nitrogen and oxygen atoms in total. The molecule has 0 radical (unpaired) electrons. The van der Waals surface area contributed by atoms with E-state index in [1.54, 1.807) is 24.3 Å². The molecule has 0 aliphatic heterocycles. The number of carbonyl (C=O) groups is 2. The number of nitrogens with zero attached hydrogens (tertiary/aromatic N) is 3. The summed E-state index contributed by atoms with van der Waals surface area (Å²) >= 11 is 1.40. The zero-order valence-electron chi connectivity index (χ0n) is 17.0. The van der Waals surface area contributed by atoms with Crippen molar-refractivity contribution in [2.24, 2.45) is 0 Å². The Bertz CT molecular complexity index is 1110. The van der Waals surface area contributed by atoms with Crippen molar-refractivity contribution < 1.29 is 9.59 Å². The lowest BCUT2D eigenvalue weighted by atomic mass is 10.1. The molecule has 0 spiro atoms. The summed E-state index contributed by atoms with van der Waals surface area (Å²) in [5, 5.41) is 15.3. The summed E-state index contributed by atoms with van der Waals surface area (Å²) in [6, 6.07) is 16.7. The van der Waals surface area contributed by atoms with Gasteiger partial charge in [0.15, 0.2) is 5.16 Å². The zero-order chi connectivity index (χ0) is 21.2. The largest absolute Gasteiger partial charge is 0.325 e. The third kappa shape index (κ3) is 4.64. The maximum absolute atomic E-state index is 12.7. The lowest BCUT2D eigenvalue weighted by Gasteiger charge is -2.12. The quantitative estimate of drug-likeness (QED) is 0.512. The molecule has 1 aromatic heterocycles. The Balaban J connectivity index is 1.24. The number of nitrogens with one attached hydrogen (secondary N) is 2. The van der Waals surface area contributed by atoms with Crippen LogP contribution in [0.15, 0.2) is 59.8 Å². The van der Waals surface area contributed by atoms with Crippen LogP contribution >= 0.6 is 11.8 Å². The summed E-state index contributed by atoms with van der Waals surface area (Å²) in [7, 11) is 0. The predicted molar refractivity (Wildman–Crippen MR) is 120 cm³/mol. The number of aromatic nitrogens is 3. The summed E-state index contributed by atoms with van der Waals surface area (Å²) in [6.45, 7) is 0. The minimum Gasteiger partial charge on any atom is -0.325 e. The Hall–Kier alpha value is -3.13. The molecule has 2 N–H and O–H groups in total. The molecule has 0 bridgehead atoms. The number of rotatable bonds is 8. The molecule has 0 atom stereocenters. The van der Waals surface area contributed by atoms with E-state index < -0.39 is 0 Å². The van der Waals surface area contributed by atoms with Gasteiger partial charge in [-0.1, -0.05) is 42.1 Å². The van der Waals surface area contributed by atoms with Crippen LogP contribution in [0, 0.1) is 0 Å². The van der Waals surface area contributed by atoms with E-state index in [2.05, 4.69) is 25.4 Å². The average molecular weight is 434 g/mol. The average Bonchev–Trinajstić information content (AvgIpc) is 3.72. The summed E-state index contributed by atoms with van der Waals surface area (Å²) in [4.78, 5) is 25.4. The number of para-hydroxylation sites is 2. The summed E-state index contributed by atoms with van der Waals surface area (Å²) in [5.74, 6) is 1.38. The van der Waals surface area contributed by atoms with Gasteiger partial charge < -0.3 is 15.2 Å². The van der Waals surface area contributed by atoms with Crippen LogP contribution in [0.25, 0.3) is 0 Å².